The normalized spacial score (nSPS) is 14.2. The van der Waals surface area contributed by atoms with Crippen molar-refractivity contribution in [1.29, 1.82) is 0 Å². The molecule has 166 valence electrons. The van der Waals surface area contributed by atoms with Crippen molar-refractivity contribution in [2.24, 2.45) is 0 Å². The summed E-state index contributed by atoms with van der Waals surface area (Å²) in [6.07, 6.45) is 2.13. The number of thiazole rings is 1. The summed E-state index contributed by atoms with van der Waals surface area (Å²) in [7, 11) is 0. The lowest BCUT2D eigenvalue weighted by atomic mass is 10.1. The summed E-state index contributed by atoms with van der Waals surface area (Å²) in [5.74, 6) is 0.508. The van der Waals surface area contributed by atoms with Gasteiger partial charge in [-0.25, -0.2) is 4.98 Å². The fraction of sp³-hybridized carbons (Fsp3) is 0.320. The van der Waals surface area contributed by atoms with Gasteiger partial charge in [0, 0.05) is 18.5 Å². The van der Waals surface area contributed by atoms with E-state index in [1.807, 2.05) is 71.8 Å². The molecular formula is C25H27N3O3S. The summed E-state index contributed by atoms with van der Waals surface area (Å²) in [5.41, 5.74) is 2.38. The molecule has 1 aliphatic rings. The highest BCUT2D eigenvalue weighted by Gasteiger charge is 2.29. The summed E-state index contributed by atoms with van der Waals surface area (Å²) in [6.45, 7) is 4.00. The van der Waals surface area contributed by atoms with Crippen molar-refractivity contribution >= 4 is 23.2 Å². The van der Waals surface area contributed by atoms with Crippen LogP contribution in [-0.2, 0) is 16.0 Å². The zero-order chi connectivity index (χ0) is 22.3. The van der Waals surface area contributed by atoms with Crippen LogP contribution in [0.3, 0.4) is 0 Å². The van der Waals surface area contributed by atoms with Crippen LogP contribution in [0.2, 0.25) is 0 Å². The molecule has 1 aliphatic heterocycles. The van der Waals surface area contributed by atoms with Gasteiger partial charge in [-0.05, 0) is 37.5 Å². The number of likely N-dealkylation sites (tertiary alicyclic amines) is 1. The number of para-hydroxylation sites is 1. The maximum absolute atomic E-state index is 13.1. The monoisotopic (exact) mass is 449 g/mol. The first kappa shape index (κ1) is 22.0. The molecule has 3 aromatic rings. The molecule has 6 nitrogen and oxygen atoms in total. The molecule has 1 N–H and O–H groups in total. The van der Waals surface area contributed by atoms with E-state index in [1.165, 1.54) is 11.3 Å². The number of benzene rings is 2. The van der Waals surface area contributed by atoms with Crippen molar-refractivity contribution in [3.63, 3.8) is 0 Å². The fourth-order valence-corrected chi connectivity index (χ4v) is 4.72. The Labute approximate surface area is 192 Å². The molecule has 0 radical (unpaired) electrons. The second-order valence-corrected chi connectivity index (χ2v) is 8.55. The van der Waals surface area contributed by atoms with Gasteiger partial charge in [-0.2, -0.15) is 0 Å². The molecule has 2 aromatic carbocycles. The Morgan fingerprint density at radius 2 is 1.81 bits per heavy atom. The van der Waals surface area contributed by atoms with Gasteiger partial charge >= 0.3 is 0 Å². The molecule has 1 saturated heterocycles. The van der Waals surface area contributed by atoms with Gasteiger partial charge in [-0.3, -0.25) is 9.59 Å². The van der Waals surface area contributed by atoms with E-state index < -0.39 is 6.04 Å². The molecule has 1 atom stereocenters. The highest BCUT2D eigenvalue weighted by molar-refractivity contribution is 7.13. The molecule has 7 heteroatoms. The lowest BCUT2D eigenvalue weighted by Gasteiger charge is -2.24. The molecule has 0 unspecified atom stereocenters. The average Bonchev–Trinajstić information content (AvgIpc) is 3.51. The van der Waals surface area contributed by atoms with E-state index in [-0.39, 0.29) is 18.2 Å². The Kier molecular flexibility index (Phi) is 7.17. The zero-order valence-electron chi connectivity index (χ0n) is 18.1. The van der Waals surface area contributed by atoms with Crippen molar-refractivity contribution in [2.75, 3.05) is 19.7 Å². The number of ether oxygens (including phenoxy) is 1. The van der Waals surface area contributed by atoms with Gasteiger partial charge < -0.3 is 15.0 Å². The minimum Gasteiger partial charge on any atom is -0.493 e. The topological polar surface area (TPSA) is 71.5 Å². The molecule has 32 heavy (non-hydrogen) atoms. The number of hydrogen-bond acceptors (Lipinski definition) is 5. The van der Waals surface area contributed by atoms with Gasteiger partial charge in [0.15, 0.2) is 0 Å². The fourth-order valence-electron chi connectivity index (χ4n) is 3.87. The van der Waals surface area contributed by atoms with Crippen molar-refractivity contribution in [3.8, 4) is 16.3 Å². The van der Waals surface area contributed by atoms with E-state index in [0.717, 1.165) is 47.8 Å². The average molecular weight is 450 g/mol. The van der Waals surface area contributed by atoms with Crippen LogP contribution in [0.15, 0.2) is 60.0 Å². The lowest BCUT2D eigenvalue weighted by Crippen LogP contribution is -2.42. The number of nitrogens with one attached hydrogen (secondary N) is 1. The van der Waals surface area contributed by atoms with Crippen LogP contribution in [0.4, 0.5) is 0 Å². The molecule has 4 rings (SSSR count). The predicted molar refractivity (Wildman–Crippen MR) is 126 cm³/mol. The third kappa shape index (κ3) is 5.16. The molecule has 2 heterocycles. The SMILES string of the molecule is CCOc1ccccc1-c1nc(CC(=O)N[C@H](C(=O)N2CCCC2)c2ccccc2)cs1. The largest absolute Gasteiger partial charge is 0.493 e. The third-order valence-electron chi connectivity index (χ3n) is 5.41. The van der Waals surface area contributed by atoms with Gasteiger partial charge in [0.05, 0.1) is 24.3 Å². The highest BCUT2D eigenvalue weighted by Crippen LogP contribution is 2.32. The minimum atomic E-state index is -0.682. The summed E-state index contributed by atoms with van der Waals surface area (Å²) >= 11 is 1.48. The standard InChI is InChI=1S/C25H27N3O3S/c1-2-31-21-13-7-6-12-20(21)24-26-19(17-32-24)16-22(29)27-23(18-10-4-3-5-11-18)25(30)28-14-8-9-15-28/h3-7,10-13,17,23H,2,8-9,14-16H2,1H3,(H,27,29)/t23-/m0/s1. The second kappa shape index (κ2) is 10.4. The van der Waals surface area contributed by atoms with Gasteiger partial charge in [0.25, 0.3) is 0 Å². The number of hydrogen-bond donors (Lipinski definition) is 1. The Morgan fingerprint density at radius 1 is 1.09 bits per heavy atom. The molecular weight excluding hydrogens is 422 g/mol. The number of nitrogens with zero attached hydrogens (tertiary/aromatic N) is 2. The van der Waals surface area contributed by atoms with E-state index in [9.17, 15) is 9.59 Å². The van der Waals surface area contributed by atoms with Crippen molar-refractivity contribution < 1.29 is 14.3 Å². The van der Waals surface area contributed by atoms with Crippen LogP contribution < -0.4 is 10.1 Å². The minimum absolute atomic E-state index is 0.0494. The Morgan fingerprint density at radius 3 is 2.56 bits per heavy atom. The number of rotatable bonds is 8. The molecule has 0 aliphatic carbocycles. The van der Waals surface area contributed by atoms with E-state index in [0.29, 0.717) is 12.3 Å². The third-order valence-corrected chi connectivity index (χ3v) is 6.34. The molecule has 1 fully saturated rings. The summed E-state index contributed by atoms with van der Waals surface area (Å²) in [5, 5.41) is 5.65. The van der Waals surface area contributed by atoms with Crippen molar-refractivity contribution in [2.45, 2.75) is 32.2 Å². The molecule has 0 spiro atoms. The number of carbonyl (C=O) groups excluding carboxylic acids is 2. The van der Waals surface area contributed by atoms with Gasteiger partial charge in [-0.15, -0.1) is 11.3 Å². The van der Waals surface area contributed by atoms with Crippen LogP contribution in [-0.4, -0.2) is 41.4 Å². The van der Waals surface area contributed by atoms with E-state index >= 15 is 0 Å². The number of carbonyl (C=O) groups is 2. The number of amides is 2. The first-order chi connectivity index (χ1) is 15.7. The molecule has 1 aromatic heterocycles. The van der Waals surface area contributed by atoms with Gasteiger partial charge in [0.2, 0.25) is 11.8 Å². The van der Waals surface area contributed by atoms with Crippen LogP contribution >= 0.6 is 11.3 Å². The smallest absolute Gasteiger partial charge is 0.249 e. The second-order valence-electron chi connectivity index (χ2n) is 7.69. The van der Waals surface area contributed by atoms with Crippen LogP contribution in [0.5, 0.6) is 5.75 Å². The Hall–Kier alpha value is -3.19. The highest BCUT2D eigenvalue weighted by atomic mass is 32.1. The van der Waals surface area contributed by atoms with Crippen LogP contribution in [0.25, 0.3) is 10.6 Å². The van der Waals surface area contributed by atoms with Gasteiger partial charge in [0.1, 0.15) is 16.8 Å². The predicted octanol–water partition coefficient (Wildman–Crippen LogP) is 4.23. The first-order valence-electron chi connectivity index (χ1n) is 11.0. The van der Waals surface area contributed by atoms with E-state index in [2.05, 4.69) is 10.3 Å². The zero-order valence-corrected chi connectivity index (χ0v) is 18.9. The van der Waals surface area contributed by atoms with Crippen LogP contribution in [0.1, 0.15) is 37.1 Å². The quantitative estimate of drug-likeness (QED) is 0.559. The van der Waals surface area contributed by atoms with Crippen LogP contribution in [0, 0.1) is 0 Å². The number of aromatic nitrogens is 1. The summed E-state index contributed by atoms with van der Waals surface area (Å²) < 4.78 is 5.70. The van der Waals surface area contributed by atoms with E-state index in [4.69, 9.17) is 4.74 Å². The molecule has 0 saturated carbocycles. The lowest BCUT2D eigenvalue weighted by molar-refractivity contribution is -0.135. The first-order valence-corrected chi connectivity index (χ1v) is 11.8. The Bertz CT molecular complexity index is 1060. The van der Waals surface area contributed by atoms with Crippen molar-refractivity contribution in [1.82, 2.24) is 15.2 Å². The summed E-state index contributed by atoms with van der Waals surface area (Å²) in [6, 6.07) is 16.5. The van der Waals surface area contributed by atoms with Gasteiger partial charge in [-0.1, -0.05) is 42.5 Å². The summed E-state index contributed by atoms with van der Waals surface area (Å²) in [4.78, 5) is 32.5. The molecule has 0 bridgehead atoms. The Balaban J connectivity index is 1.48. The van der Waals surface area contributed by atoms with E-state index in [1.54, 1.807) is 0 Å². The van der Waals surface area contributed by atoms with Crippen molar-refractivity contribution in [3.05, 3.63) is 71.2 Å². The molecule has 2 amide bonds. The maximum atomic E-state index is 13.1. The maximum Gasteiger partial charge on any atom is 0.249 e.